The van der Waals surface area contributed by atoms with Crippen molar-refractivity contribution in [1.82, 2.24) is 19.4 Å². The van der Waals surface area contributed by atoms with Crippen molar-refractivity contribution < 1.29 is 23.1 Å². The molecule has 4 heterocycles. The van der Waals surface area contributed by atoms with E-state index in [0.717, 1.165) is 49.1 Å². The summed E-state index contributed by atoms with van der Waals surface area (Å²) in [6, 6.07) is 6.80. The van der Waals surface area contributed by atoms with Crippen molar-refractivity contribution in [2.75, 3.05) is 20.1 Å². The van der Waals surface area contributed by atoms with Gasteiger partial charge in [-0.1, -0.05) is 6.07 Å². The summed E-state index contributed by atoms with van der Waals surface area (Å²) in [6.07, 6.45) is 1.39. The molecule has 0 unspecified atom stereocenters. The predicted molar refractivity (Wildman–Crippen MR) is 144 cm³/mol. The minimum Gasteiger partial charge on any atom is -0.477 e. The van der Waals surface area contributed by atoms with Gasteiger partial charge < -0.3 is 14.6 Å². The van der Waals surface area contributed by atoms with Crippen LogP contribution in [0.1, 0.15) is 41.0 Å². The maximum absolute atomic E-state index is 13.2. The van der Waals surface area contributed by atoms with Crippen LogP contribution >= 0.6 is 11.3 Å². The van der Waals surface area contributed by atoms with E-state index in [1.807, 2.05) is 4.57 Å². The molecule has 0 aliphatic carbocycles. The normalized spacial score (nSPS) is 15.2. The highest BCUT2D eigenvalue weighted by molar-refractivity contribution is 7.13. The smallest absolute Gasteiger partial charge is 0.434 e. The number of nitrogens with zero attached hydrogens (tertiary/aromatic N) is 4. The highest BCUT2D eigenvalue weighted by atomic mass is 32.1. The van der Waals surface area contributed by atoms with Gasteiger partial charge in [0, 0.05) is 46.5 Å². The number of aryl methyl sites for hydroxylation is 2. The quantitative estimate of drug-likeness (QED) is 0.316. The SMILES string of the molecule is Cc1cc(-c2nc(C(F)(F)F)cs2)c(-c2ccc3c(c2)c(=O)c(C(=O)O)cn3CCC2CCN(C)CC2)cn1. The summed E-state index contributed by atoms with van der Waals surface area (Å²) in [5, 5.41) is 11.1. The van der Waals surface area contributed by atoms with Gasteiger partial charge in [0.05, 0.1) is 5.52 Å². The number of carboxylic acid groups (broad SMARTS) is 1. The fourth-order valence-corrected chi connectivity index (χ4v) is 5.93. The molecule has 0 radical (unpaired) electrons. The van der Waals surface area contributed by atoms with Gasteiger partial charge in [0.2, 0.25) is 5.43 Å². The lowest BCUT2D eigenvalue weighted by atomic mass is 9.93. The van der Waals surface area contributed by atoms with E-state index in [2.05, 4.69) is 21.9 Å². The van der Waals surface area contributed by atoms with E-state index in [1.165, 1.54) is 6.20 Å². The molecule has 39 heavy (non-hydrogen) atoms. The third kappa shape index (κ3) is 5.60. The lowest BCUT2D eigenvalue weighted by Gasteiger charge is -2.29. The number of aromatic nitrogens is 3. The van der Waals surface area contributed by atoms with Crippen LogP contribution in [0, 0.1) is 12.8 Å². The molecule has 0 bridgehead atoms. The Morgan fingerprint density at radius 1 is 1.18 bits per heavy atom. The van der Waals surface area contributed by atoms with E-state index in [4.69, 9.17) is 0 Å². The van der Waals surface area contributed by atoms with Crippen LogP contribution in [0.25, 0.3) is 32.6 Å². The van der Waals surface area contributed by atoms with E-state index in [-0.39, 0.29) is 16.0 Å². The number of fused-ring (bicyclic) bond motifs is 1. The number of piperidine rings is 1. The fourth-order valence-electron chi connectivity index (χ4n) is 5.07. The lowest BCUT2D eigenvalue weighted by molar-refractivity contribution is -0.140. The summed E-state index contributed by atoms with van der Waals surface area (Å²) in [5.74, 6) is -0.787. The summed E-state index contributed by atoms with van der Waals surface area (Å²) >= 11 is 0.877. The second-order valence-corrected chi connectivity index (χ2v) is 10.9. The molecule has 0 spiro atoms. The third-order valence-corrected chi connectivity index (χ3v) is 8.18. The number of likely N-dealkylation sites (tertiary alicyclic amines) is 1. The van der Waals surface area contributed by atoms with Crippen LogP contribution in [0.4, 0.5) is 13.2 Å². The molecule has 0 atom stereocenters. The number of thiazole rings is 1. The maximum Gasteiger partial charge on any atom is 0.434 e. The second kappa shape index (κ2) is 10.5. The molecule has 5 rings (SSSR count). The number of rotatable bonds is 6. The Labute approximate surface area is 226 Å². The number of alkyl halides is 3. The highest BCUT2D eigenvalue weighted by Gasteiger charge is 2.34. The Balaban J connectivity index is 1.58. The molecule has 1 aliphatic heterocycles. The van der Waals surface area contributed by atoms with Gasteiger partial charge in [-0.2, -0.15) is 13.2 Å². The molecule has 1 aliphatic rings. The lowest BCUT2D eigenvalue weighted by Crippen LogP contribution is -2.30. The molecule has 204 valence electrons. The first kappa shape index (κ1) is 27.0. The Morgan fingerprint density at radius 3 is 2.59 bits per heavy atom. The third-order valence-electron chi connectivity index (χ3n) is 7.30. The van der Waals surface area contributed by atoms with Crippen molar-refractivity contribution in [3.8, 4) is 21.7 Å². The van der Waals surface area contributed by atoms with Gasteiger partial charge in [0.25, 0.3) is 0 Å². The Hall–Kier alpha value is -3.57. The van der Waals surface area contributed by atoms with Crippen molar-refractivity contribution in [1.29, 1.82) is 0 Å². The van der Waals surface area contributed by atoms with Crippen molar-refractivity contribution in [2.24, 2.45) is 5.92 Å². The van der Waals surface area contributed by atoms with Crippen molar-refractivity contribution >= 4 is 28.2 Å². The first-order valence-electron chi connectivity index (χ1n) is 12.6. The molecule has 3 aromatic heterocycles. The summed E-state index contributed by atoms with van der Waals surface area (Å²) in [4.78, 5) is 35.6. The number of carbonyl (C=O) groups is 1. The zero-order valence-corrected chi connectivity index (χ0v) is 22.3. The van der Waals surface area contributed by atoms with Crippen LogP contribution in [0.5, 0.6) is 0 Å². The number of hydrogen-bond acceptors (Lipinski definition) is 6. The Morgan fingerprint density at radius 2 is 1.92 bits per heavy atom. The largest absolute Gasteiger partial charge is 0.477 e. The molecule has 11 heteroatoms. The zero-order chi connectivity index (χ0) is 27.9. The number of hydrogen-bond donors (Lipinski definition) is 1. The number of halogens is 3. The van der Waals surface area contributed by atoms with Crippen molar-refractivity contribution in [3.05, 3.63) is 69.2 Å². The summed E-state index contributed by atoms with van der Waals surface area (Å²) < 4.78 is 41.5. The number of benzene rings is 1. The van der Waals surface area contributed by atoms with Gasteiger partial charge in [-0.15, -0.1) is 11.3 Å². The topological polar surface area (TPSA) is 88.3 Å². The maximum atomic E-state index is 13.2. The first-order chi connectivity index (χ1) is 18.5. The summed E-state index contributed by atoms with van der Waals surface area (Å²) in [5.41, 5.74) is 0.808. The van der Waals surface area contributed by atoms with Crippen molar-refractivity contribution in [2.45, 2.75) is 38.9 Å². The average molecular weight is 557 g/mol. The molecular weight excluding hydrogens is 529 g/mol. The molecular formula is C28H27F3N4O3S. The molecule has 4 aromatic rings. The van der Waals surface area contributed by atoms with Gasteiger partial charge in [-0.25, -0.2) is 9.78 Å². The highest BCUT2D eigenvalue weighted by Crippen LogP contribution is 2.38. The fraction of sp³-hybridized carbons (Fsp3) is 0.357. The number of pyridine rings is 2. The number of carboxylic acids is 1. The Bertz CT molecular complexity index is 1600. The molecule has 0 amide bonds. The first-order valence-corrected chi connectivity index (χ1v) is 13.5. The van der Waals surface area contributed by atoms with Gasteiger partial charge in [0.1, 0.15) is 10.6 Å². The second-order valence-electron chi connectivity index (χ2n) is 10.0. The monoisotopic (exact) mass is 556 g/mol. The van der Waals surface area contributed by atoms with E-state index >= 15 is 0 Å². The molecule has 7 nitrogen and oxygen atoms in total. The standard InChI is InChI=1S/C28H27F3N4O3S/c1-16-11-19(26-33-24(15-39-26)28(29,30)31)21(13-32-16)18-3-4-23-20(12-18)25(36)22(27(37)38)14-35(23)10-7-17-5-8-34(2)9-6-17/h3-4,11-15,17H,5-10H2,1-2H3,(H,37,38). The van der Waals surface area contributed by atoms with Crippen LogP contribution in [0.15, 0.2) is 46.8 Å². The van der Waals surface area contributed by atoms with Crippen molar-refractivity contribution in [3.63, 3.8) is 0 Å². The van der Waals surface area contributed by atoms with E-state index in [1.54, 1.807) is 37.4 Å². The molecule has 1 saturated heterocycles. The molecule has 1 fully saturated rings. The Kier molecular flexibility index (Phi) is 7.30. The van der Waals surface area contributed by atoms with Crippen LogP contribution in [-0.2, 0) is 12.7 Å². The van der Waals surface area contributed by atoms with E-state index < -0.39 is 23.3 Å². The minimum absolute atomic E-state index is 0.178. The van der Waals surface area contributed by atoms with Gasteiger partial charge in [-0.3, -0.25) is 9.78 Å². The van der Waals surface area contributed by atoms with Crippen LogP contribution in [0.3, 0.4) is 0 Å². The van der Waals surface area contributed by atoms with Gasteiger partial charge in [-0.05, 0) is 76.0 Å². The van der Waals surface area contributed by atoms with Gasteiger partial charge >= 0.3 is 12.1 Å². The molecule has 1 N–H and O–H groups in total. The average Bonchev–Trinajstić information content (AvgIpc) is 3.40. The minimum atomic E-state index is -4.56. The summed E-state index contributed by atoms with van der Waals surface area (Å²) in [6.45, 7) is 4.35. The van der Waals surface area contributed by atoms with Crippen LogP contribution in [-0.4, -0.2) is 50.6 Å². The van der Waals surface area contributed by atoms with Gasteiger partial charge in [0.15, 0.2) is 5.69 Å². The zero-order valence-electron chi connectivity index (χ0n) is 21.5. The predicted octanol–water partition coefficient (Wildman–Crippen LogP) is 5.94. The van der Waals surface area contributed by atoms with Crippen LogP contribution in [0.2, 0.25) is 0 Å². The summed E-state index contributed by atoms with van der Waals surface area (Å²) in [7, 11) is 2.10. The molecule has 0 saturated carbocycles. The number of aromatic carboxylic acids is 1. The molecule has 1 aromatic carbocycles. The van der Waals surface area contributed by atoms with Crippen LogP contribution < -0.4 is 5.43 Å². The van der Waals surface area contributed by atoms with E-state index in [9.17, 15) is 27.9 Å². The van der Waals surface area contributed by atoms with E-state index in [0.29, 0.717) is 40.4 Å².